The Kier molecular flexibility index (Phi) is 8.21. The van der Waals surface area contributed by atoms with Crippen molar-refractivity contribution in [3.8, 4) is 0 Å². The fraction of sp³-hybridized carbons (Fsp3) is 0.600. The van der Waals surface area contributed by atoms with Crippen molar-refractivity contribution in [1.82, 2.24) is 4.90 Å². The Morgan fingerprint density at radius 3 is 2.47 bits per heavy atom. The monoisotopic (exact) mass is 266 g/mol. The molecule has 1 aromatic carbocycles. The predicted molar refractivity (Wildman–Crippen MR) is 79.1 cm³/mol. The number of methoxy groups -OCH3 is 1. The van der Waals surface area contributed by atoms with Crippen LogP contribution >= 0.6 is 0 Å². The molecule has 4 heteroatoms. The highest BCUT2D eigenvalue weighted by atomic mass is 16.5. The van der Waals surface area contributed by atoms with Gasteiger partial charge in [-0.05, 0) is 30.7 Å². The van der Waals surface area contributed by atoms with Crippen molar-refractivity contribution < 1.29 is 9.47 Å². The van der Waals surface area contributed by atoms with Crippen LogP contribution in [0.15, 0.2) is 24.3 Å². The molecule has 4 nitrogen and oxygen atoms in total. The Balaban J connectivity index is 2.20. The number of rotatable bonds is 10. The SMILES string of the molecule is CCN(CCCOCCOC)Cc1ccc(N)cc1. The van der Waals surface area contributed by atoms with E-state index in [1.807, 2.05) is 12.1 Å². The number of benzene rings is 1. The van der Waals surface area contributed by atoms with Gasteiger partial charge < -0.3 is 15.2 Å². The summed E-state index contributed by atoms with van der Waals surface area (Å²) < 4.78 is 10.4. The van der Waals surface area contributed by atoms with Crippen LogP contribution in [0.2, 0.25) is 0 Å². The fourth-order valence-electron chi connectivity index (χ4n) is 1.86. The second-order valence-corrected chi connectivity index (χ2v) is 4.57. The highest BCUT2D eigenvalue weighted by molar-refractivity contribution is 5.39. The van der Waals surface area contributed by atoms with Gasteiger partial charge >= 0.3 is 0 Å². The summed E-state index contributed by atoms with van der Waals surface area (Å²) in [6.45, 7) is 7.39. The fourth-order valence-corrected chi connectivity index (χ4v) is 1.86. The maximum atomic E-state index is 5.69. The predicted octanol–water partition coefficient (Wildman–Crippen LogP) is 2.14. The molecule has 0 spiro atoms. The first-order valence-corrected chi connectivity index (χ1v) is 6.89. The molecule has 19 heavy (non-hydrogen) atoms. The zero-order chi connectivity index (χ0) is 13.9. The summed E-state index contributed by atoms with van der Waals surface area (Å²) in [5.41, 5.74) is 7.81. The molecule has 1 aromatic rings. The maximum absolute atomic E-state index is 5.69. The Morgan fingerprint density at radius 1 is 1.11 bits per heavy atom. The molecular weight excluding hydrogens is 240 g/mol. The first-order valence-electron chi connectivity index (χ1n) is 6.89. The Labute approximate surface area is 116 Å². The summed E-state index contributed by atoms with van der Waals surface area (Å²) in [6.07, 6.45) is 1.05. The van der Waals surface area contributed by atoms with Crippen molar-refractivity contribution in [3.05, 3.63) is 29.8 Å². The third-order valence-corrected chi connectivity index (χ3v) is 3.03. The molecule has 2 N–H and O–H groups in total. The summed E-state index contributed by atoms with van der Waals surface area (Å²) in [5, 5.41) is 0. The molecule has 0 aliphatic carbocycles. The molecule has 108 valence electrons. The number of hydrogen-bond donors (Lipinski definition) is 1. The second kappa shape index (κ2) is 9.78. The van der Waals surface area contributed by atoms with Crippen LogP contribution in [0, 0.1) is 0 Å². The number of nitrogen functional groups attached to an aromatic ring is 1. The maximum Gasteiger partial charge on any atom is 0.0700 e. The van der Waals surface area contributed by atoms with Gasteiger partial charge in [0.15, 0.2) is 0 Å². The Bertz CT molecular complexity index is 327. The molecule has 0 fully saturated rings. The van der Waals surface area contributed by atoms with Crippen LogP contribution in [-0.2, 0) is 16.0 Å². The minimum Gasteiger partial charge on any atom is -0.399 e. The van der Waals surface area contributed by atoms with Crippen LogP contribution in [0.3, 0.4) is 0 Å². The minimum absolute atomic E-state index is 0.670. The molecule has 1 rings (SSSR count). The summed E-state index contributed by atoms with van der Waals surface area (Å²) >= 11 is 0. The molecule has 0 heterocycles. The van der Waals surface area contributed by atoms with Gasteiger partial charge in [-0.1, -0.05) is 19.1 Å². The van der Waals surface area contributed by atoms with E-state index in [-0.39, 0.29) is 0 Å². The normalized spacial score (nSPS) is 11.1. The number of hydrogen-bond acceptors (Lipinski definition) is 4. The number of ether oxygens (including phenoxy) is 2. The van der Waals surface area contributed by atoms with E-state index in [1.54, 1.807) is 7.11 Å². The van der Waals surface area contributed by atoms with Gasteiger partial charge in [-0.2, -0.15) is 0 Å². The van der Waals surface area contributed by atoms with Crippen LogP contribution in [0.1, 0.15) is 18.9 Å². The van der Waals surface area contributed by atoms with Crippen molar-refractivity contribution >= 4 is 5.69 Å². The highest BCUT2D eigenvalue weighted by Crippen LogP contribution is 2.08. The molecule has 0 unspecified atom stereocenters. The zero-order valence-corrected chi connectivity index (χ0v) is 12.1. The van der Waals surface area contributed by atoms with E-state index in [4.69, 9.17) is 15.2 Å². The second-order valence-electron chi connectivity index (χ2n) is 4.57. The van der Waals surface area contributed by atoms with E-state index in [0.29, 0.717) is 13.2 Å². The van der Waals surface area contributed by atoms with Gasteiger partial charge in [0, 0.05) is 32.5 Å². The first-order chi connectivity index (χ1) is 9.26. The van der Waals surface area contributed by atoms with Gasteiger partial charge in [0.05, 0.1) is 13.2 Å². The summed E-state index contributed by atoms with van der Waals surface area (Å²) in [7, 11) is 1.69. The largest absolute Gasteiger partial charge is 0.399 e. The van der Waals surface area contributed by atoms with Gasteiger partial charge in [0.2, 0.25) is 0 Å². The van der Waals surface area contributed by atoms with Gasteiger partial charge in [-0.15, -0.1) is 0 Å². The average molecular weight is 266 g/mol. The minimum atomic E-state index is 0.670. The van der Waals surface area contributed by atoms with E-state index in [9.17, 15) is 0 Å². The number of nitrogens with zero attached hydrogens (tertiary/aromatic N) is 1. The molecule has 0 amide bonds. The highest BCUT2D eigenvalue weighted by Gasteiger charge is 2.03. The number of nitrogens with two attached hydrogens (primary N) is 1. The van der Waals surface area contributed by atoms with E-state index in [1.165, 1.54) is 5.56 Å². The van der Waals surface area contributed by atoms with Gasteiger partial charge in [0.25, 0.3) is 0 Å². The lowest BCUT2D eigenvalue weighted by molar-refractivity contribution is 0.0651. The van der Waals surface area contributed by atoms with E-state index in [0.717, 1.165) is 38.3 Å². The smallest absolute Gasteiger partial charge is 0.0700 e. The van der Waals surface area contributed by atoms with Crippen molar-refractivity contribution in [2.24, 2.45) is 0 Å². The molecule has 0 atom stereocenters. The van der Waals surface area contributed by atoms with Crippen LogP contribution in [-0.4, -0.2) is 44.9 Å². The van der Waals surface area contributed by atoms with Crippen molar-refractivity contribution in [2.75, 3.05) is 45.8 Å². The van der Waals surface area contributed by atoms with Crippen molar-refractivity contribution in [1.29, 1.82) is 0 Å². The summed E-state index contributed by atoms with van der Waals surface area (Å²) in [6, 6.07) is 8.09. The van der Waals surface area contributed by atoms with Crippen LogP contribution in [0.5, 0.6) is 0 Å². The quantitative estimate of drug-likeness (QED) is 0.521. The Hall–Kier alpha value is -1.10. The van der Waals surface area contributed by atoms with E-state index >= 15 is 0 Å². The standard InChI is InChI=1S/C15H26N2O2/c1-3-17(9-4-10-19-12-11-18-2)13-14-5-7-15(16)8-6-14/h5-8H,3-4,9-13,16H2,1-2H3. The van der Waals surface area contributed by atoms with Crippen LogP contribution in [0.25, 0.3) is 0 Å². The van der Waals surface area contributed by atoms with E-state index in [2.05, 4.69) is 24.0 Å². The summed E-state index contributed by atoms with van der Waals surface area (Å²) in [4.78, 5) is 2.41. The van der Waals surface area contributed by atoms with Crippen molar-refractivity contribution in [3.63, 3.8) is 0 Å². The molecular formula is C15H26N2O2. The third kappa shape index (κ3) is 7.15. The van der Waals surface area contributed by atoms with Gasteiger partial charge in [-0.25, -0.2) is 0 Å². The van der Waals surface area contributed by atoms with Crippen LogP contribution in [0.4, 0.5) is 5.69 Å². The van der Waals surface area contributed by atoms with Crippen LogP contribution < -0.4 is 5.73 Å². The molecule has 0 aliphatic rings. The van der Waals surface area contributed by atoms with E-state index < -0.39 is 0 Å². The summed E-state index contributed by atoms with van der Waals surface area (Å²) in [5.74, 6) is 0. The number of anilines is 1. The lowest BCUT2D eigenvalue weighted by Gasteiger charge is -2.20. The van der Waals surface area contributed by atoms with Gasteiger partial charge in [-0.3, -0.25) is 4.90 Å². The lowest BCUT2D eigenvalue weighted by atomic mass is 10.2. The lowest BCUT2D eigenvalue weighted by Crippen LogP contribution is -2.25. The molecule has 0 radical (unpaired) electrons. The Morgan fingerprint density at radius 2 is 1.84 bits per heavy atom. The topological polar surface area (TPSA) is 47.7 Å². The molecule has 0 aliphatic heterocycles. The third-order valence-electron chi connectivity index (χ3n) is 3.03. The molecule has 0 saturated heterocycles. The first kappa shape index (κ1) is 16.0. The van der Waals surface area contributed by atoms with Gasteiger partial charge in [0.1, 0.15) is 0 Å². The average Bonchev–Trinajstić information content (AvgIpc) is 2.43. The zero-order valence-electron chi connectivity index (χ0n) is 12.1. The van der Waals surface area contributed by atoms with Crippen molar-refractivity contribution in [2.45, 2.75) is 19.9 Å². The molecule has 0 aromatic heterocycles. The molecule has 0 saturated carbocycles. The molecule has 0 bridgehead atoms.